The van der Waals surface area contributed by atoms with Gasteiger partial charge in [0.25, 0.3) is 0 Å². The third-order valence-corrected chi connectivity index (χ3v) is 2.34. The second-order valence-corrected chi connectivity index (χ2v) is 3.19. The van der Waals surface area contributed by atoms with Crippen LogP contribution in [0.5, 0.6) is 5.75 Å². The largest absolute Gasteiger partial charge is 0.501 e. The summed E-state index contributed by atoms with van der Waals surface area (Å²) < 4.78 is 0. The predicted molar refractivity (Wildman–Crippen MR) is 50.3 cm³/mol. The minimum absolute atomic E-state index is 0.0782. The topological polar surface area (TPSA) is 76.3 Å². The second-order valence-electron chi connectivity index (χ2n) is 2.83. The van der Waals surface area contributed by atoms with Crippen LogP contribution in [0.2, 0.25) is 5.15 Å². The summed E-state index contributed by atoms with van der Waals surface area (Å²) in [5.41, 5.74) is 1.03. The standard InChI is InChI=1S/C8H5ClN2O3/c9-7-5-3-1-2-4(5)6(12)8(10-7)11(13)14/h1-2,12H,3H2. The average molecular weight is 213 g/mol. The Bertz CT molecular complexity index is 456. The van der Waals surface area contributed by atoms with Gasteiger partial charge in [-0.15, -0.1) is 0 Å². The minimum atomic E-state index is -0.756. The van der Waals surface area contributed by atoms with Crippen molar-refractivity contribution in [3.05, 3.63) is 32.5 Å². The normalized spacial score (nSPS) is 12.9. The van der Waals surface area contributed by atoms with Crippen molar-refractivity contribution in [3.63, 3.8) is 0 Å². The fraction of sp³-hybridized carbons (Fsp3) is 0.125. The van der Waals surface area contributed by atoms with Crippen LogP contribution in [0.1, 0.15) is 11.1 Å². The minimum Gasteiger partial charge on any atom is -0.501 e. The Balaban J connectivity index is 2.73. The summed E-state index contributed by atoms with van der Waals surface area (Å²) in [6, 6.07) is 0. The molecular formula is C8H5ClN2O3. The number of aromatic hydroxyl groups is 1. The molecule has 0 amide bonds. The Kier molecular flexibility index (Phi) is 1.89. The van der Waals surface area contributed by atoms with E-state index in [-0.39, 0.29) is 5.15 Å². The molecule has 1 heterocycles. The van der Waals surface area contributed by atoms with E-state index in [1.54, 1.807) is 12.2 Å². The van der Waals surface area contributed by atoms with Gasteiger partial charge in [-0.25, -0.2) is 0 Å². The number of allylic oxidation sites excluding steroid dienone is 1. The van der Waals surface area contributed by atoms with Crippen molar-refractivity contribution < 1.29 is 10.0 Å². The molecule has 0 saturated heterocycles. The zero-order valence-electron chi connectivity index (χ0n) is 6.90. The molecule has 0 radical (unpaired) electrons. The number of hydrogen-bond donors (Lipinski definition) is 1. The molecule has 0 fully saturated rings. The van der Waals surface area contributed by atoms with Crippen LogP contribution in [-0.4, -0.2) is 15.0 Å². The molecule has 72 valence electrons. The van der Waals surface area contributed by atoms with Gasteiger partial charge in [0, 0.05) is 11.1 Å². The Hall–Kier alpha value is -1.62. The van der Waals surface area contributed by atoms with Crippen molar-refractivity contribution in [1.82, 2.24) is 4.98 Å². The maximum Gasteiger partial charge on any atom is 0.408 e. The van der Waals surface area contributed by atoms with Crippen LogP contribution in [-0.2, 0) is 6.42 Å². The van der Waals surface area contributed by atoms with E-state index >= 15 is 0 Å². The summed E-state index contributed by atoms with van der Waals surface area (Å²) in [5, 5.41) is 20.0. The SMILES string of the molecule is O=[N+]([O-])c1nc(Cl)c2c(c1O)C=CC2. The Morgan fingerprint density at radius 3 is 3.00 bits per heavy atom. The van der Waals surface area contributed by atoms with Gasteiger partial charge in [-0.3, -0.25) is 0 Å². The van der Waals surface area contributed by atoms with Gasteiger partial charge in [-0.05, 0) is 27.9 Å². The van der Waals surface area contributed by atoms with Crippen LogP contribution >= 0.6 is 11.6 Å². The van der Waals surface area contributed by atoms with Crippen molar-refractivity contribution in [2.75, 3.05) is 0 Å². The van der Waals surface area contributed by atoms with Gasteiger partial charge >= 0.3 is 5.82 Å². The summed E-state index contributed by atoms with van der Waals surface area (Å²) in [6.07, 6.45) is 3.92. The lowest BCUT2D eigenvalue weighted by Crippen LogP contribution is -1.97. The highest BCUT2D eigenvalue weighted by Gasteiger charge is 2.26. The molecule has 0 saturated carbocycles. The van der Waals surface area contributed by atoms with Crippen LogP contribution in [0.3, 0.4) is 0 Å². The van der Waals surface area contributed by atoms with Crippen molar-refractivity contribution in [2.45, 2.75) is 6.42 Å². The van der Waals surface area contributed by atoms with Crippen LogP contribution < -0.4 is 0 Å². The van der Waals surface area contributed by atoms with Crippen LogP contribution in [0.25, 0.3) is 6.08 Å². The summed E-state index contributed by atoms with van der Waals surface area (Å²) in [6.45, 7) is 0. The quantitative estimate of drug-likeness (QED) is 0.438. The predicted octanol–water partition coefficient (Wildman–Crippen LogP) is 1.92. The highest BCUT2D eigenvalue weighted by molar-refractivity contribution is 6.30. The molecule has 1 aromatic heterocycles. The molecule has 1 aromatic rings. The summed E-state index contributed by atoms with van der Waals surface area (Å²) >= 11 is 5.72. The van der Waals surface area contributed by atoms with Crippen molar-refractivity contribution in [2.24, 2.45) is 0 Å². The molecule has 2 rings (SSSR count). The van der Waals surface area contributed by atoms with E-state index in [0.29, 0.717) is 17.5 Å². The number of rotatable bonds is 1. The Morgan fingerprint density at radius 2 is 2.36 bits per heavy atom. The molecule has 1 N–H and O–H groups in total. The van der Waals surface area contributed by atoms with E-state index in [2.05, 4.69) is 4.98 Å². The fourth-order valence-electron chi connectivity index (χ4n) is 1.38. The number of aromatic nitrogens is 1. The van der Waals surface area contributed by atoms with E-state index in [0.717, 1.165) is 0 Å². The van der Waals surface area contributed by atoms with Crippen molar-refractivity contribution in [3.8, 4) is 5.75 Å². The Labute approximate surface area is 83.8 Å². The van der Waals surface area contributed by atoms with E-state index in [4.69, 9.17) is 11.6 Å². The summed E-state index contributed by atoms with van der Waals surface area (Å²) in [4.78, 5) is 13.2. The maximum absolute atomic E-state index is 10.5. The highest BCUT2D eigenvalue weighted by atomic mass is 35.5. The fourth-order valence-corrected chi connectivity index (χ4v) is 1.64. The van der Waals surface area contributed by atoms with Gasteiger partial charge in [0.05, 0.1) is 0 Å². The summed E-state index contributed by atoms with van der Waals surface area (Å²) in [5.74, 6) is -1.01. The number of nitro groups is 1. The number of pyridine rings is 1. The molecule has 0 unspecified atom stereocenters. The molecule has 0 aromatic carbocycles. The van der Waals surface area contributed by atoms with Gasteiger partial charge in [-0.2, -0.15) is 0 Å². The van der Waals surface area contributed by atoms with Gasteiger partial charge < -0.3 is 15.2 Å². The number of halogens is 1. The van der Waals surface area contributed by atoms with Crippen LogP contribution in [0, 0.1) is 10.1 Å². The Morgan fingerprint density at radius 1 is 1.64 bits per heavy atom. The molecule has 0 bridgehead atoms. The lowest BCUT2D eigenvalue weighted by atomic mass is 10.1. The molecule has 0 atom stereocenters. The number of hydrogen-bond acceptors (Lipinski definition) is 4. The van der Waals surface area contributed by atoms with Crippen LogP contribution in [0.4, 0.5) is 5.82 Å². The molecule has 5 nitrogen and oxygen atoms in total. The summed E-state index contributed by atoms with van der Waals surface area (Å²) in [7, 11) is 0. The van der Waals surface area contributed by atoms with Crippen molar-refractivity contribution >= 4 is 23.5 Å². The zero-order valence-corrected chi connectivity index (χ0v) is 7.65. The molecule has 1 aliphatic rings. The monoisotopic (exact) mass is 212 g/mol. The van der Waals surface area contributed by atoms with Crippen molar-refractivity contribution in [1.29, 1.82) is 0 Å². The first-order chi connectivity index (χ1) is 6.61. The van der Waals surface area contributed by atoms with Gasteiger partial charge in [0.1, 0.15) is 0 Å². The smallest absolute Gasteiger partial charge is 0.408 e. The number of fused-ring (bicyclic) bond motifs is 1. The highest BCUT2D eigenvalue weighted by Crippen LogP contribution is 2.37. The van der Waals surface area contributed by atoms with E-state index in [1.165, 1.54) is 0 Å². The zero-order chi connectivity index (χ0) is 10.3. The molecular weight excluding hydrogens is 208 g/mol. The van der Waals surface area contributed by atoms with Crippen LogP contribution in [0.15, 0.2) is 6.08 Å². The lowest BCUT2D eigenvalue weighted by molar-refractivity contribution is -0.390. The first kappa shape index (κ1) is 8.96. The van der Waals surface area contributed by atoms with Gasteiger partial charge in [0.15, 0.2) is 0 Å². The average Bonchev–Trinajstić information content (AvgIpc) is 2.59. The third-order valence-electron chi connectivity index (χ3n) is 2.02. The van der Waals surface area contributed by atoms with Gasteiger partial charge in [0.2, 0.25) is 10.9 Å². The van der Waals surface area contributed by atoms with Gasteiger partial charge in [-0.1, -0.05) is 12.2 Å². The number of nitrogens with zero attached hydrogens (tertiary/aromatic N) is 2. The first-order valence-corrected chi connectivity index (χ1v) is 4.21. The molecule has 1 aliphatic carbocycles. The third kappa shape index (κ3) is 1.13. The molecule has 0 spiro atoms. The molecule has 0 aliphatic heterocycles. The van der Waals surface area contributed by atoms with E-state index in [1.807, 2.05) is 0 Å². The second kappa shape index (κ2) is 2.95. The van der Waals surface area contributed by atoms with E-state index in [9.17, 15) is 15.2 Å². The lowest BCUT2D eigenvalue weighted by Gasteiger charge is -2.02. The van der Waals surface area contributed by atoms with E-state index < -0.39 is 16.5 Å². The molecule has 6 heteroatoms. The maximum atomic E-state index is 10.5. The first-order valence-electron chi connectivity index (χ1n) is 3.83. The molecule has 14 heavy (non-hydrogen) atoms.